The Bertz CT molecular complexity index is 1550. The molecule has 4 heterocycles. The minimum Gasteiger partial charge on any atom is -0.461 e. The summed E-state index contributed by atoms with van der Waals surface area (Å²) in [5.74, 6) is 0.0105. The maximum Gasteiger partial charge on any atom is 0.302 e. The van der Waals surface area contributed by atoms with Crippen molar-refractivity contribution in [1.29, 1.82) is 5.26 Å². The summed E-state index contributed by atoms with van der Waals surface area (Å²) < 4.78 is 6.90. The molecular formula is C29H32N6O4S. The Hall–Kier alpha value is -4.30. The first-order chi connectivity index (χ1) is 19.2. The van der Waals surface area contributed by atoms with Crippen LogP contribution in [0.15, 0.2) is 34.6 Å². The molecular weight excluding hydrogens is 528 g/mol. The van der Waals surface area contributed by atoms with Crippen LogP contribution in [0.4, 0.5) is 5.82 Å². The van der Waals surface area contributed by atoms with E-state index in [9.17, 15) is 14.4 Å². The summed E-state index contributed by atoms with van der Waals surface area (Å²) in [6.45, 7) is 6.82. The van der Waals surface area contributed by atoms with E-state index in [1.165, 1.54) is 23.5 Å². The number of carbonyl (C=O) groups excluding carboxylic acids is 2. The van der Waals surface area contributed by atoms with Crippen molar-refractivity contribution in [1.82, 2.24) is 19.7 Å². The summed E-state index contributed by atoms with van der Waals surface area (Å²) in [6, 6.07) is 5.62. The number of pyridine rings is 1. The molecule has 3 aromatic rings. The van der Waals surface area contributed by atoms with E-state index < -0.39 is 5.91 Å². The van der Waals surface area contributed by atoms with Gasteiger partial charge in [-0.1, -0.05) is 19.9 Å². The molecule has 1 saturated heterocycles. The van der Waals surface area contributed by atoms with Crippen LogP contribution < -0.4 is 15.8 Å². The highest BCUT2D eigenvalue weighted by Crippen LogP contribution is 2.24. The van der Waals surface area contributed by atoms with Crippen LogP contribution in [0.5, 0.6) is 0 Å². The van der Waals surface area contributed by atoms with Gasteiger partial charge in [-0.3, -0.25) is 18.8 Å². The average molecular weight is 561 g/mol. The number of carbonyl (C=O) groups is 2. The maximum atomic E-state index is 13.6. The number of nitrogens with one attached hydrogen (secondary N) is 1. The van der Waals surface area contributed by atoms with Gasteiger partial charge in [-0.25, -0.2) is 9.97 Å². The lowest BCUT2D eigenvalue weighted by Crippen LogP contribution is -2.42. The van der Waals surface area contributed by atoms with Gasteiger partial charge in [0.25, 0.3) is 5.56 Å². The van der Waals surface area contributed by atoms with Crippen LogP contribution in [0, 0.1) is 11.3 Å². The molecule has 0 aliphatic carbocycles. The Kier molecular flexibility index (Phi) is 9.45. The largest absolute Gasteiger partial charge is 0.461 e. The van der Waals surface area contributed by atoms with Crippen LogP contribution in [0.3, 0.4) is 0 Å². The molecule has 0 bridgehead atoms. The van der Waals surface area contributed by atoms with Crippen LogP contribution in [0.2, 0.25) is 0 Å². The molecule has 0 radical (unpaired) electrons. The highest BCUT2D eigenvalue weighted by atomic mass is 32.1. The number of hydrogen-bond acceptors (Lipinski definition) is 9. The molecule has 11 heteroatoms. The standard InChI is InChI=1S/C29H32N6O4S/c1-19(2)24-18-40-27(32-24)10-7-21-11-15-35-25(16-21)33-28(34-14-4-6-22(17-34)39-20(3)36)23(29(35)38)8-9-26(37)31-13-5-12-30/h7-11,15-16,18-19,22H,4-6,13-14,17H2,1-3H3,(H,31,37). The van der Waals surface area contributed by atoms with Gasteiger partial charge in [-0.05, 0) is 48.6 Å². The number of hydrogen-bond donors (Lipinski definition) is 1. The monoisotopic (exact) mass is 560 g/mol. The summed E-state index contributed by atoms with van der Waals surface area (Å²) in [4.78, 5) is 48.9. The van der Waals surface area contributed by atoms with Crippen molar-refractivity contribution in [3.8, 4) is 6.07 Å². The molecule has 0 spiro atoms. The molecule has 1 fully saturated rings. The third kappa shape index (κ3) is 7.21. The predicted molar refractivity (Wildman–Crippen MR) is 156 cm³/mol. The van der Waals surface area contributed by atoms with Gasteiger partial charge < -0.3 is 15.0 Å². The second kappa shape index (κ2) is 13.2. The van der Waals surface area contributed by atoms with Crippen molar-refractivity contribution in [2.24, 2.45) is 0 Å². The molecule has 1 N–H and O–H groups in total. The Labute approximate surface area is 236 Å². The lowest BCUT2D eigenvalue weighted by Gasteiger charge is -2.33. The molecule has 1 amide bonds. The van der Waals surface area contributed by atoms with Crippen LogP contribution in [-0.2, 0) is 14.3 Å². The van der Waals surface area contributed by atoms with Crippen LogP contribution in [-0.4, -0.2) is 52.0 Å². The minimum atomic E-state index is -0.412. The molecule has 1 atom stereocenters. The molecule has 1 aliphatic heterocycles. The number of piperidine rings is 1. The number of fused-ring (bicyclic) bond motifs is 1. The number of nitriles is 1. The quantitative estimate of drug-likeness (QED) is 0.236. The molecule has 10 nitrogen and oxygen atoms in total. The van der Waals surface area contributed by atoms with Crippen LogP contribution in [0.1, 0.15) is 67.8 Å². The Morgan fingerprint density at radius 2 is 2.12 bits per heavy atom. The number of rotatable bonds is 9. The topological polar surface area (TPSA) is 130 Å². The van der Waals surface area contributed by atoms with E-state index in [2.05, 4.69) is 29.5 Å². The molecule has 4 rings (SSSR count). The highest BCUT2D eigenvalue weighted by molar-refractivity contribution is 7.10. The molecule has 1 unspecified atom stereocenters. The van der Waals surface area contributed by atoms with E-state index in [0.29, 0.717) is 30.5 Å². The average Bonchev–Trinajstić information content (AvgIpc) is 3.41. The summed E-state index contributed by atoms with van der Waals surface area (Å²) in [5, 5.41) is 14.3. The highest BCUT2D eigenvalue weighted by Gasteiger charge is 2.26. The van der Waals surface area contributed by atoms with Crippen LogP contribution in [0.25, 0.3) is 23.9 Å². The fraction of sp³-hybridized carbons (Fsp3) is 0.379. The van der Waals surface area contributed by atoms with Gasteiger partial charge in [0, 0.05) is 37.7 Å². The number of aromatic nitrogens is 3. The van der Waals surface area contributed by atoms with Gasteiger partial charge in [0.2, 0.25) is 5.91 Å². The predicted octanol–water partition coefficient (Wildman–Crippen LogP) is 4.02. The smallest absolute Gasteiger partial charge is 0.302 e. The fourth-order valence-corrected chi connectivity index (χ4v) is 5.25. The normalized spacial score (nSPS) is 15.7. The van der Waals surface area contributed by atoms with Crippen molar-refractivity contribution in [2.45, 2.75) is 52.1 Å². The SMILES string of the molecule is CC(=O)OC1CCCN(c2nc3cc(C=Cc4nc(C(C)C)cs4)ccn3c(=O)c2C=CC(=O)NCCC#N)C1. The van der Waals surface area contributed by atoms with Crippen LogP contribution >= 0.6 is 11.3 Å². The second-order valence-corrected chi connectivity index (χ2v) is 10.7. The van der Waals surface area contributed by atoms with Crippen molar-refractivity contribution in [2.75, 3.05) is 24.5 Å². The zero-order valence-electron chi connectivity index (χ0n) is 22.8. The molecule has 0 saturated carbocycles. The first-order valence-corrected chi connectivity index (χ1v) is 14.1. The number of anilines is 1. The van der Waals surface area contributed by atoms with Crippen molar-refractivity contribution in [3.05, 3.63) is 62.0 Å². The Balaban J connectivity index is 1.71. The molecule has 208 valence electrons. The fourth-order valence-electron chi connectivity index (χ4n) is 4.38. The summed E-state index contributed by atoms with van der Waals surface area (Å²) in [7, 11) is 0. The number of thiazole rings is 1. The maximum absolute atomic E-state index is 13.6. The van der Waals surface area contributed by atoms with E-state index in [0.717, 1.165) is 29.1 Å². The molecule has 0 aromatic carbocycles. The summed E-state index contributed by atoms with van der Waals surface area (Å²) >= 11 is 1.58. The van der Waals surface area contributed by atoms with Gasteiger partial charge in [0.1, 0.15) is 22.6 Å². The van der Waals surface area contributed by atoms with E-state index in [4.69, 9.17) is 15.0 Å². The lowest BCUT2D eigenvalue weighted by atomic mass is 10.1. The van der Waals surface area contributed by atoms with E-state index in [-0.39, 0.29) is 36.2 Å². The summed E-state index contributed by atoms with van der Waals surface area (Å²) in [6.07, 6.45) is 9.62. The Morgan fingerprint density at radius 1 is 1.30 bits per heavy atom. The second-order valence-electron chi connectivity index (χ2n) is 9.79. The van der Waals surface area contributed by atoms with Crippen molar-refractivity contribution < 1.29 is 14.3 Å². The molecule has 1 aliphatic rings. The minimum absolute atomic E-state index is 0.189. The zero-order chi connectivity index (χ0) is 28.6. The number of ether oxygens (including phenoxy) is 1. The Morgan fingerprint density at radius 3 is 2.85 bits per heavy atom. The van der Waals surface area contributed by atoms with Crippen molar-refractivity contribution in [3.63, 3.8) is 0 Å². The van der Waals surface area contributed by atoms with E-state index in [1.807, 2.05) is 35.3 Å². The number of amides is 1. The lowest BCUT2D eigenvalue weighted by molar-refractivity contribution is -0.146. The number of nitrogens with zero attached hydrogens (tertiary/aromatic N) is 5. The van der Waals surface area contributed by atoms with Gasteiger partial charge in [0.05, 0.1) is 30.3 Å². The molecule has 3 aromatic heterocycles. The van der Waals surface area contributed by atoms with Crippen molar-refractivity contribution >= 4 is 52.9 Å². The zero-order valence-corrected chi connectivity index (χ0v) is 23.6. The summed E-state index contributed by atoms with van der Waals surface area (Å²) in [5.41, 5.74) is 2.29. The van der Waals surface area contributed by atoms with Gasteiger partial charge >= 0.3 is 5.97 Å². The van der Waals surface area contributed by atoms with Gasteiger partial charge in [0.15, 0.2) is 0 Å². The van der Waals surface area contributed by atoms with Gasteiger partial charge in [-0.2, -0.15) is 5.26 Å². The first-order valence-electron chi connectivity index (χ1n) is 13.2. The third-order valence-corrected chi connectivity index (χ3v) is 7.19. The third-order valence-electron chi connectivity index (χ3n) is 6.37. The first kappa shape index (κ1) is 28.7. The van der Waals surface area contributed by atoms with Gasteiger partial charge in [-0.15, -0.1) is 11.3 Å². The van der Waals surface area contributed by atoms with E-state index >= 15 is 0 Å². The molecule has 40 heavy (non-hydrogen) atoms. The number of esters is 1. The van der Waals surface area contributed by atoms with E-state index in [1.54, 1.807) is 17.5 Å².